The van der Waals surface area contributed by atoms with Gasteiger partial charge in [-0.25, -0.2) is 9.59 Å². The Kier molecular flexibility index (Phi) is 4.28. The summed E-state index contributed by atoms with van der Waals surface area (Å²) >= 11 is 0. The number of ketones is 1. The van der Waals surface area contributed by atoms with Gasteiger partial charge in [-0.15, -0.1) is 0 Å². The Morgan fingerprint density at radius 3 is 2.29 bits per heavy atom. The molecule has 1 unspecified atom stereocenters. The van der Waals surface area contributed by atoms with Gasteiger partial charge >= 0.3 is 11.9 Å². The number of ether oxygens (including phenoxy) is 5. The highest BCUT2D eigenvalue weighted by atomic mass is 16.7. The predicted octanol–water partition coefficient (Wildman–Crippen LogP) is 2.04. The average Bonchev–Trinajstić information content (AvgIpc) is 3.43. The van der Waals surface area contributed by atoms with Gasteiger partial charge in [0.2, 0.25) is 6.29 Å². The van der Waals surface area contributed by atoms with Crippen LogP contribution in [-0.2, 0) is 38.1 Å². The van der Waals surface area contributed by atoms with Crippen molar-refractivity contribution in [2.24, 2.45) is 28.1 Å². The number of epoxide rings is 1. The van der Waals surface area contributed by atoms with E-state index in [0.29, 0.717) is 12.8 Å². The second-order valence-corrected chi connectivity index (χ2v) is 12.5. The number of hydrogen-bond donors (Lipinski definition) is 1. The second-order valence-electron chi connectivity index (χ2n) is 12.5. The molecule has 2 aliphatic carbocycles. The van der Waals surface area contributed by atoms with Crippen molar-refractivity contribution in [2.75, 3.05) is 7.11 Å². The minimum Gasteiger partial charge on any atom is -0.454 e. The molecule has 9 heteroatoms. The van der Waals surface area contributed by atoms with Crippen LogP contribution >= 0.6 is 0 Å². The quantitative estimate of drug-likeness (QED) is 0.458. The van der Waals surface area contributed by atoms with Crippen LogP contribution < -0.4 is 0 Å². The smallest absolute Gasteiger partial charge is 0.340 e. The van der Waals surface area contributed by atoms with Gasteiger partial charge in [0.1, 0.15) is 17.5 Å². The number of esters is 2. The van der Waals surface area contributed by atoms with Crippen LogP contribution in [0.1, 0.15) is 60.8 Å². The molecule has 6 rings (SSSR count). The van der Waals surface area contributed by atoms with Crippen LogP contribution in [0.2, 0.25) is 0 Å². The highest BCUT2D eigenvalue weighted by molar-refractivity contribution is 5.96. The zero-order valence-corrected chi connectivity index (χ0v) is 21.3. The van der Waals surface area contributed by atoms with Gasteiger partial charge < -0.3 is 28.8 Å². The van der Waals surface area contributed by atoms with Crippen LogP contribution in [-0.4, -0.2) is 65.4 Å². The molecular weight excluding hydrogens is 456 g/mol. The van der Waals surface area contributed by atoms with Crippen molar-refractivity contribution >= 4 is 17.7 Å². The first-order chi connectivity index (χ1) is 16.1. The number of methoxy groups -OCH3 is 1. The van der Waals surface area contributed by atoms with E-state index in [1.807, 2.05) is 34.6 Å². The summed E-state index contributed by atoms with van der Waals surface area (Å²) in [5.41, 5.74) is -4.09. The van der Waals surface area contributed by atoms with Crippen LogP contribution in [0.5, 0.6) is 0 Å². The molecule has 6 aliphatic rings. The fraction of sp³-hybridized carbons (Fsp3) is 0.808. The Balaban J connectivity index is 1.53. The van der Waals surface area contributed by atoms with Crippen LogP contribution in [0.15, 0.2) is 11.6 Å². The van der Waals surface area contributed by atoms with Gasteiger partial charge in [0, 0.05) is 30.3 Å². The van der Waals surface area contributed by atoms with E-state index in [9.17, 15) is 19.5 Å². The fourth-order valence-electron chi connectivity index (χ4n) is 9.33. The number of aliphatic hydroxyl groups is 1. The number of carbonyl (C=O) groups is 3. The van der Waals surface area contributed by atoms with Crippen molar-refractivity contribution in [3.8, 4) is 0 Å². The first-order valence-corrected chi connectivity index (χ1v) is 12.4. The van der Waals surface area contributed by atoms with Gasteiger partial charge in [0.25, 0.3) is 0 Å². The van der Waals surface area contributed by atoms with E-state index in [0.717, 1.165) is 0 Å². The fourth-order valence-corrected chi connectivity index (χ4v) is 9.33. The van der Waals surface area contributed by atoms with Gasteiger partial charge in [0.15, 0.2) is 11.9 Å². The van der Waals surface area contributed by atoms with Crippen molar-refractivity contribution < 1.29 is 43.2 Å². The van der Waals surface area contributed by atoms with E-state index >= 15 is 0 Å². The molecule has 2 saturated carbocycles. The third-order valence-electron chi connectivity index (χ3n) is 11.1. The first-order valence-electron chi connectivity index (χ1n) is 12.4. The maximum absolute atomic E-state index is 14.2. The summed E-state index contributed by atoms with van der Waals surface area (Å²) < 4.78 is 29.6. The van der Waals surface area contributed by atoms with Crippen LogP contribution in [0.25, 0.3) is 0 Å². The number of cyclic esters (lactones) is 2. The van der Waals surface area contributed by atoms with Gasteiger partial charge in [-0.1, -0.05) is 13.8 Å². The zero-order chi connectivity index (χ0) is 25.6. The molecular formula is C26H34O9. The van der Waals surface area contributed by atoms with Crippen molar-refractivity contribution in [1.82, 2.24) is 0 Å². The molecule has 3 saturated heterocycles. The lowest BCUT2D eigenvalue weighted by Gasteiger charge is -2.65. The molecule has 4 heterocycles. The Bertz CT molecular complexity index is 1100. The number of rotatable bonds is 2. The number of hydrogen-bond acceptors (Lipinski definition) is 9. The molecule has 5 fully saturated rings. The summed E-state index contributed by atoms with van der Waals surface area (Å²) in [6.07, 6.45) is -0.554. The number of fused-ring (bicyclic) bond motifs is 3. The van der Waals surface area contributed by atoms with E-state index < -0.39 is 63.7 Å². The average molecular weight is 491 g/mol. The molecule has 0 aromatic rings. The van der Waals surface area contributed by atoms with Gasteiger partial charge in [-0.05, 0) is 52.5 Å². The topological polar surface area (TPSA) is 121 Å². The van der Waals surface area contributed by atoms with Gasteiger partial charge in [-0.2, -0.15) is 0 Å². The highest BCUT2D eigenvalue weighted by Gasteiger charge is 2.90. The van der Waals surface area contributed by atoms with Gasteiger partial charge in [0.05, 0.1) is 16.6 Å². The molecule has 35 heavy (non-hydrogen) atoms. The molecule has 0 aromatic heterocycles. The molecule has 0 amide bonds. The summed E-state index contributed by atoms with van der Waals surface area (Å²) in [6.45, 7) is 12.0. The molecule has 4 aliphatic heterocycles. The molecule has 1 N–H and O–H groups in total. The lowest BCUT2D eigenvalue weighted by Crippen LogP contribution is -2.73. The van der Waals surface area contributed by atoms with E-state index in [4.69, 9.17) is 23.7 Å². The van der Waals surface area contributed by atoms with E-state index in [2.05, 4.69) is 6.92 Å². The highest BCUT2D eigenvalue weighted by Crippen LogP contribution is 2.79. The number of Topliss-reactive ketones (excluding diaryl/α,β-unsaturated/α-hetero) is 1. The van der Waals surface area contributed by atoms with Crippen molar-refractivity contribution in [1.29, 1.82) is 0 Å². The molecule has 10 atom stereocenters. The standard InChI is InChI=1S/C26H34O9/c1-21(2)14-11-15(27)24(5)13(23(14,4)25(6,31-7)35-21)8-9-22(3)17(12-10-16(28)32-19(12)29)33-20(30)18-26(22,24)34-18/h10,13-14,16-18,28H,8-9,11H2,1-7H3/t13-,14+,16?,17+,18-,22+,23-,24+,25+,26-/m1/s1. The molecule has 192 valence electrons. The minimum absolute atomic E-state index is 0.0342. The number of aliphatic hydroxyl groups excluding tert-OH is 1. The predicted molar refractivity (Wildman–Crippen MR) is 118 cm³/mol. The van der Waals surface area contributed by atoms with Crippen LogP contribution in [0, 0.1) is 28.1 Å². The van der Waals surface area contributed by atoms with Crippen LogP contribution in [0.3, 0.4) is 0 Å². The Hall–Kier alpha value is -1.81. The monoisotopic (exact) mass is 490 g/mol. The lowest BCUT2D eigenvalue weighted by atomic mass is 9.37. The summed E-state index contributed by atoms with van der Waals surface area (Å²) in [6, 6.07) is 0. The summed E-state index contributed by atoms with van der Waals surface area (Å²) in [4.78, 5) is 39.9. The lowest BCUT2D eigenvalue weighted by molar-refractivity contribution is -0.284. The third kappa shape index (κ3) is 2.29. The first kappa shape index (κ1) is 23.6. The normalized spacial score (nSPS) is 55.7. The molecule has 0 aromatic carbocycles. The molecule has 0 radical (unpaired) electrons. The molecule has 1 spiro atoms. The maximum atomic E-state index is 14.2. The van der Waals surface area contributed by atoms with Gasteiger partial charge in [-0.3, -0.25) is 4.79 Å². The minimum atomic E-state index is -1.39. The van der Waals surface area contributed by atoms with Crippen LogP contribution in [0.4, 0.5) is 0 Å². The van der Waals surface area contributed by atoms with Crippen molar-refractivity contribution in [2.45, 2.75) is 96.3 Å². The summed E-state index contributed by atoms with van der Waals surface area (Å²) in [5.74, 6) is -2.52. The third-order valence-corrected chi connectivity index (χ3v) is 11.1. The Morgan fingerprint density at radius 1 is 1.00 bits per heavy atom. The maximum Gasteiger partial charge on any atom is 0.340 e. The van der Waals surface area contributed by atoms with Crippen molar-refractivity contribution in [3.63, 3.8) is 0 Å². The summed E-state index contributed by atoms with van der Waals surface area (Å²) in [7, 11) is 1.64. The molecule has 9 nitrogen and oxygen atoms in total. The largest absolute Gasteiger partial charge is 0.454 e. The Labute approximate surface area is 204 Å². The second kappa shape index (κ2) is 6.36. The Morgan fingerprint density at radius 2 is 1.69 bits per heavy atom. The van der Waals surface area contributed by atoms with E-state index in [-0.39, 0.29) is 29.6 Å². The van der Waals surface area contributed by atoms with Crippen molar-refractivity contribution in [3.05, 3.63) is 11.6 Å². The SMILES string of the molecule is CO[C@@]1(C)OC(C)(C)[C@@H]2CC(=O)[C@]3(C)[C@H](CC[C@@]4(C)[C@H](C5=CC(O)OC5=O)OC(=O)[C@H]5O[C@]543)[C@]21C. The zero-order valence-electron chi connectivity index (χ0n) is 21.3. The van der Waals surface area contributed by atoms with E-state index in [1.165, 1.54) is 6.08 Å². The number of carbonyl (C=O) groups excluding carboxylic acids is 3. The molecule has 0 bridgehead atoms. The summed E-state index contributed by atoms with van der Waals surface area (Å²) in [5, 5.41) is 9.90. The van der Waals surface area contributed by atoms with E-state index in [1.54, 1.807) is 7.11 Å².